The lowest BCUT2D eigenvalue weighted by Gasteiger charge is -2.20. The SMILES string of the molecule is Cc1nn([C@@H](C)c2ccc(C(F)(F)F)cc2C(F)(F)F)cc1NC(=O)c1nnc(-c2ccccn2)s1.S. The molecular weight excluding hydrogens is 542 g/mol. The van der Waals surface area contributed by atoms with Gasteiger partial charge in [0.15, 0.2) is 5.01 Å². The summed E-state index contributed by atoms with van der Waals surface area (Å²) in [6.45, 7) is 2.88. The summed E-state index contributed by atoms with van der Waals surface area (Å²) in [7, 11) is 0. The van der Waals surface area contributed by atoms with Crippen LogP contribution in [0.25, 0.3) is 10.7 Å². The standard InChI is InChI=1S/C22H16F6N6OS.H2S/c1-11-17(30-18(35)20-32-31-19(36-20)16-5-3-4-8-29-16)10-34(33-11)12(2)14-7-6-13(21(23,24)25)9-15(14)22(26,27)28;/h3-10,12H,1-2H3,(H,30,35);1H2/t12-;/m0./s1. The Balaban J connectivity index is 0.00000380. The smallest absolute Gasteiger partial charge is 0.317 e. The Morgan fingerprint density at radius 3 is 2.41 bits per heavy atom. The highest BCUT2D eigenvalue weighted by atomic mass is 32.1. The fraction of sp³-hybridized carbons (Fsp3) is 0.227. The van der Waals surface area contributed by atoms with Crippen LogP contribution in [-0.4, -0.2) is 30.9 Å². The van der Waals surface area contributed by atoms with E-state index in [1.54, 1.807) is 24.4 Å². The van der Waals surface area contributed by atoms with E-state index in [9.17, 15) is 31.1 Å². The number of hydrogen-bond donors (Lipinski definition) is 1. The molecule has 0 spiro atoms. The van der Waals surface area contributed by atoms with E-state index >= 15 is 0 Å². The molecule has 15 heteroatoms. The van der Waals surface area contributed by atoms with Crippen molar-refractivity contribution in [3.05, 3.63) is 76.2 Å². The maximum Gasteiger partial charge on any atom is 0.416 e. The number of benzene rings is 1. The number of amides is 1. The molecule has 0 unspecified atom stereocenters. The van der Waals surface area contributed by atoms with Crippen LogP contribution < -0.4 is 5.32 Å². The zero-order chi connectivity index (χ0) is 26.3. The molecule has 4 aromatic rings. The normalized spacial score (nSPS) is 12.6. The number of pyridine rings is 1. The van der Waals surface area contributed by atoms with Crippen molar-refractivity contribution in [2.75, 3.05) is 5.32 Å². The molecule has 1 aromatic carbocycles. The average Bonchev–Trinajstić information content (AvgIpc) is 3.45. The van der Waals surface area contributed by atoms with Gasteiger partial charge in [0.2, 0.25) is 5.01 Å². The number of aromatic nitrogens is 5. The minimum atomic E-state index is -5.02. The second-order valence-corrected chi connectivity index (χ2v) is 8.64. The molecule has 0 radical (unpaired) electrons. The number of nitrogens with zero attached hydrogens (tertiary/aromatic N) is 5. The van der Waals surface area contributed by atoms with E-state index in [0.29, 0.717) is 16.8 Å². The Hall–Kier alpha value is -3.46. The molecule has 1 amide bonds. The second-order valence-electron chi connectivity index (χ2n) is 7.66. The van der Waals surface area contributed by atoms with Crippen LogP contribution in [-0.2, 0) is 12.4 Å². The molecule has 0 fully saturated rings. The van der Waals surface area contributed by atoms with Gasteiger partial charge in [0, 0.05) is 12.4 Å². The number of carbonyl (C=O) groups is 1. The van der Waals surface area contributed by atoms with Gasteiger partial charge in [0.1, 0.15) is 5.69 Å². The quantitative estimate of drug-likeness (QED) is 0.298. The number of hydrogen-bond acceptors (Lipinski definition) is 6. The first-order chi connectivity index (χ1) is 16.8. The van der Waals surface area contributed by atoms with Crippen molar-refractivity contribution in [3.8, 4) is 10.7 Å². The van der Waals surface area contributed by atoms with Gasteiger partial charge in [0.25, 0.3) is 5.91 Å². The fourth-order valence-corrected chi connectivity index (χ4v) is 4.09. The van der Waals surface area contributed by atoms with Crippen LogP contribution in [0.5, 0.6) is 0 Å². The highest BCUT2D eigenvalue weighted by Crippen LogP contribution is 2.40. The molecule has 0 bridgehead atoms. The number of aryl methyl sites for hydroxylation is 1. The van der Waals surface area contributed by atoms with Crippen LogP contribution in [0.15, 0.2) is 48.8 Å². The number of nitrogens with one attached hydrogen (secondary N) is 1. The third-order valence-corrected chi connectivity index (χ3v) is 6.15. The van der Waals surface area contributed by atoms with Gasteiger partial charge in [0.05, 0.1) is 28.6 Å². The number of anilines is 1. The van der Waals surface area contributed by atoms with Crippen molar-refractivity contribution in [1.82, 2.24) is 25.0 Å². The van der Waals surface area contributed by atoms with E-state index in [0.717, 1.165) is 22.1 Å². The first-order valence-electron chi connectivity index (χ1n) is 10.2. The first-order valence-corrected chi connectivity index (χ1v) is 11.1. The molecular formula is C22H18F6N6OS2. The molecule has 196 valence electrons. The summed E-state index contributed by atoms with van der Waals surface area (Å²) in [5, 5.41) is 15.0. The summed E-state index contributed by atoms with van der Waals surface area (Å²) < 4.78 is 80.9. The van der Waals surface area contributed by atoms with Crippen LogP contribution in [0.3, 0.4) is 0 Å². The Kier molecular flexibility index (Phi) is 7.97. The third kappa shape index (κ3) is 6.10. The molecule has 0 aliphatic rings. The molecule has 0 aliphatic heterocycles. The number of carbonyl (C=O) groups excluding carboxylic acids is 1. The second kappa shape index (κ2) is 10.5. The maximum atomic E-state index is 13.6. The van der Waals surface area contributed by atoms with Crippen molar-refractivity contribution in [2.24, 2.45) is 0 Å². The van der Waals surface area contributed by atoms with Crippen LogP contribution in [0.2, 0.25) is 0 Å². The summed E-state index contributed by atoms with van der Waals surface area (Å²) >= 11 is 0.996. The van der Waals surface area contributed by atoms with E-state index in [2.05, 4.69) is 25.6 Å². The predicted octanol–water partition coefficient (Wildman–Crippen LogP) is 6.12. The molecule has 3 heterocycles. The molecule has 7 nitrogen and oxygen atoms in total. The van der Waals surface area contributed by atoms with E-state index < -0.39 is 41.0 Å². The summed E-state index contributed by atoms with van der Waals surface area (Å²) in [6.07, 6.45) is -7.08. The summed E-state index contributed by atoms with van der Waals surface area (Å²) in [5.41, 5.74) is -2.21. The van der Waals surface area contributed by atoms with E-state index in [1.807, 2.05) is 0 Å². The van der Waals surface area contributed by atoms with Crippen LogP contribution in [0, 0.1) is 6.92 Å². The van der Waals surface area contributed by atoms with Crippen LogP contribution >= 0.6 is 24.8 Å². The maximum absolute atomic E-state index is 13.6. The highest BCUT2D eigenvalue weighted by Gasteiger charge is 2.39. The summed E-state index contributed by atoms with van der Waals surface area (Å²) in [4.78, 5) is 16.8. The lowest BCUT2D eigenvalue weighted by molar-refractivity contribution is -0.143. The van der Waals surface area contributed by atoms with E-state index in [1.165, 1.54) is 20.0 Å². The van der Waals surface area contributed by atoms with Gasteiger partial charge in [-0.1, -0.05) is 23.5 Å². The zero-order valence-electron chi connectivity index (χ0n) is 19.0. The molecule has 4 rings (SSSR count). The lowest BCUT2D eigenvalue weighted by Crippen LogP contribution is -2.18. The molecule has 0 saturated heterocycles. The van der Waals surface area contributed by atoms with Crippen molar-refractivity contribution in [3.63, 3.8) is 0 Å². The minimum Gasteiger partial charge on any atom is -0.317 e. The van der Waals surface area contributed by atoms with Gasteiger partial charge in [-0.05, 0) is 43.7 Å². The Bertz CT molecular complexity index is 1400. The van der Waals surface area contributed by atoms with Gasteiger partial charge >= 0.3 is 12.4 Å². The van der Waals surface area contributed by atoms with Crippen molar-refractivity contribution in [1.29, 1.82) is 0 Å². The van der Waals surface area contributed by atoms with Crippen LogP contribution in [0.1, 0.15) is 45.2 Å². The largest absolute Gasteiger partial charge is 0.416 e. The van der Waals surface area contributed by atoms with Crippen molar-refractivity contribution >= 4 is 36.4 Å². The first kappa shape index (κ1) is 28.1. The molecule has 37 heavy (non-hydrogen) atoms. The third-order valence-electron chi connectivity index (χ3n) is 5.20. The molecule has 0 saturated carbocycles. The Morgan fingerprint density at radius 2 is 1.78 bits per heavy atom. The fourth-order valence-electron chi connectivity index (χ4n) is 3.37. The molecule has 1 N–H and O–H groups in total. The van der Waals surface area contributed by atoms with Gasteiger partial charge < -0.3 is 5.32 Å². The van der Waals surface area contributed by atoms with Gasteiger partial charge in [-0.3, -0.25) is 14.5 Å². The van der Waals surface area contributed by atoms with Gasteiger partial charge in [-0.15, -0.1) is 10.2 Å². The van der Waals surface area contributed by atoms with Crippen molar-refractivity contribution < 1.29 is 31.1 Å². The molecule has 0 aliphatic carbocycles. The number of halogens is 6. The summed E-state index contributed by atoms with van der Waals surface area (Å²) in [6, 6.07) is 5.55. The number of rotatable bonds is 5. The van der Waals surface area contributed by atoms with Gasteiger partial charge in [-0.2, -0.15) is 44.9 Å². The Labute approximate surface area is 217 Å². The monoisotopic (exact) mass is 560 g/mol. The molecule has 1 atom stereocenters. The van der Waals surface area contributed by atoms with E-state index in [4.69, 9.17) is 0 Å². The van der Waals surface area contributed by atoms with Crippen molar-refractivity contribution in [2.45, 2.75) is 32.2 Å². The highest BCUT2D eigenvalue weighted by molar-refractivity contribution is 7.59. The number of alkyl halides is 6. The Morgan fingerprint density at radius 1 is 1.05 bits per heavy atom. The van der Waals surface area contributed by atoms with E-state index in [-0.39, 0.29) is 36.0 Å². The predicted molar refractivity (Wildman–Crippen MR) is 129 cm³/mol. The summed E-state index contributed by atoms with van der Waals surface area (Å²) in [5.74, 6) is -0.615. The van der Waals surface area contributed by atoms with Gasteiger partial charge in [-0.25, -0.2) is 0 Å². The zero-order valence-corrected chi connectivity index (χ0v) is 20.8. The van der Waals surface area contributed by atoms with Crippen LogP contribution in [0.4, 0.5) is 32.0 Å². The topological polar surface area (TPSA) is 85.6 Å². The minimum absolute atomic E-state index is 0. The lowest BCUT2D eigenvalue weighted by atomic mass is 9.98. The molecule has 3 aromatic heterocycles. The average molecular weight is 561 g/mol.